The fourth-order valence-electron chi connectivity index (χ4n) is 4.04. The van der Waals surface area contributed by atoms with Crippen molar-refractivity contribution < 1.29 is 9.26 Å². The molecule has 0 unspecified atom stereocenters. The molecule has 0 aliphatic heterocycles. The predicted molar refractivity (Wildman–Crippen MR) is 125 cm³/mol. The maximum absolute atomic E-state index is 6.26. The van der Waals surface area contributed by atoms with E-state index in [1.165, 1.54) is 0 Å². The highest BCUT2D eigenvalue weighted by atomic mass is 16.5. The Hall–Kier alpha value is -3.71. The summed E-state index contributed by atoms with van der Waals surface area (Å²) in [5, 5.41) is 5.26. The van der Waals surface area contributed by atoms with Crippen molar-refractivity contribution in [1.82, 2.24) is 19.7 Å². The van der Waals surface area contributed by atoms with Crippen LogP contribution in [0.2, 0.25) is 0 Å². The zero-order chi connectivity index (χ0) is 21.9. The van der Waals surface area contributed by atoms with Crippen LogP contribution in [0, 0.1) is 0 Å². The Morgan fingerprint density at radius 3 is 2.69 bits per heavy atom. The topological polar surface area (TPSA) is 92.0 Å². The van der Waals surface area contributed by atoms with E-state index in [0.29, 0.717) is 19.0 Å². The maximum Gasteiger partial charge on any atom is 0.152 e. The Kier molecular flexibility index (Phi) is 5.56. The fraction of sp³-hybridized carbons (Fsp3) is 0.240. The van der Waals surface area contributed by atoms with E-state index in [1.54, 1.807) is 0 Å². The van der Waals surface area contributed by atoms with E-state index in [-0.39, 0.29) is 0 Å². The number of fused-ring (bicyclic) bond motifs is 3. The van der Waals surface area contributed by atoms with Gasteiger partial charge in [-0.15, -0.1) is 0 Å². The molecule has 5 rings (SSSR count). The molecule has 0 atom stereocenters. The summed E-state index contributed by atoms with van der Waals surface area (Å²) in [5.41, 5.74) is 10.8. The second-order valence-corrected chi connectivity index (χ2v) is 7.68. The van der Waals surface area contributed by atoms with Crippen LogP contribution in [-0.2, 0) is 24.3 Å². The lowest BCUT2D eigenvalue weighted by Crippen LogP contribution is -2.07. The van der Waals surface area contributed by atoms with Gasteiger partial charge in [0, 0.05) is 36.6 Å². The monoisotopic (exact) mass is 427 g/mol. The van der Waals surface area contributed by atoms with E-state index in [4.69, 9.17) is 20.0 Å². The van der Waals surface area contributed by atoms with Crippen LogP contribution in [0.1, 0.15) is 24.9 Å². The van der Waals surface area contributed by atoms with Gasteiger partial charge in [0.25, 0.3) is 0 Å². The van der Waals surface area contributed by atoms with Gasteiger partial charge in [-0.2, -0.15) is 0 Å². The zero-order valence-corrected chi connectivity index (χ0v) is 18.0. The minimum absolute atomic E-state index is 0.430. The number of aryl methyl sites for hydroxylation is 2. The number of nitrogens with zero attached hydrogens (tertiary/aromatic N) is 4. The molecule has 0 aliphatic carbocycles. The number of pyridine rings is 1. The minimum atomic E-state index is 0.430. The predicted octanol–water partition coefficient (Wildman–Crippen LogP) is 4.99. The molecule has 0 spiro atoms. The third kappa shape index (κ3) is 3.83. The molecule has 2 aromatic carbocycles. The summed E-state index contributed by atoms with van der Waals surface area (Å²) < 4.78 is 13.5. The van der Waals surface area contributed by atoms with Gasteiger partial charge in [-0.25, -0.2) is 9.97 Å². The summed E-state index contributed by atoms with van der Waals surface area (Å²) in [6.45, 7) is 3.79. The van der Waals surface area contributed by atoms with Crippen molar-refractivity contribution in [3.05, 3.63) is 72.2 Å². The first kappa shape index (κ1) is 20.2. The standard InChI is InChI=1S/C25H25N5O2/c1-2-31-16-22-28-23-24(19-12-6-7-13-20(19)27-25(23)26)30(22)14-8-11-18-15-21(29-32-18)17-9-4-3-5-10-17/h3-7,9-10,12-13,15H,2,8,11,14,16H2,1H3,(H2,26,27). The normalized spacial score (nSPS) is 11.5. The molecular formula is C25H25N5O2. The molecule has 162 valence electrons. The van der Waals surface area contributed by atoms with Crippen LogP contribution < -0.4 is 5.73 Å². The minimum Gasteiger partial charge on any atom is -0.382 e. The Morgan fingerprint density at radius 1 is 1.03 bits per heavy atom. The van der Waals surface area contributed by atoms with Crippen molar-refractivity contribution in [3.8, 4) is 11.3 Å². The van der Waals surface area contributed by atoms with Gasteiger partial charge in [0.2, 0.25) is 0 Å². The first-order valence-electron chi connectivity index (χ1n) is 10.9. The number of rotatable bonds is 8. The highest BCUT2D eigenvalue weighted by Crippen LogP contribution is 2.29. The maximum atomic E-state index is 6.26. The SMILES string of the molecule is CCOCc1nc2c(N)nc3ccccc3c2n1CCCc1cc(-c2ccccc2)no1. The van der Waals surface area contributed by atoms with E-state index < -0.39 is 0 Å². The molecule has 32 heavy (non-hydrogen) atoms. The summed E-state index contributed by atoms with van der Waals surface area (Å²) in [5.74, 6) is 2.16. The highest BCUT2D eigenvalue weighted by molar-refractivity contribution is 6.06. The van der Waals surface area contributed by atoms with Crippen molar-refractivity contribution >= 4 is 27.8 Å². The van der Waals surface area contributed by atoms with Gasteiger partial charge >= 0.3 is 0 Å². The van der Waals surface area contributed by atoms with Crippen molar-refractivity contribution in [3.63, 3.8) is 0 Å². The van der Waals surface area contributed by atoms with Gasteiger partial charge in [-0.1, -0.05) is 53.7 Å². The number of hydrogen-bond acceptors (Lipinski definition) is 6. The number of aromatic nitrogens is 4. The number of nitrogens with two attached hydrogens (primary N) is 1. The molecule has 0 bridgehead atoms. The molecule has 0 aliphatic rings. The highest BCUT2D eigenvalue weighted by Gasteiger charge is 2.17. The first-order chi connectivity index (χ1) is 15.7. The number of nitrogen functional groups attached to an aromatic ring is 1. The number of imidazole rings is 1. The van der Waals surface area contributed by atoms with Crippen molar-refractivity contribution in [2.45, 2.75) is 32.9 Å². The zero-order valence-electron chi connectivity index (χ0n) is 18.0. The van der Waals surface area contributed by atoms with Gasteiger partial charge in [0.05, 0.1) is 11.0 Å². The van der Waals surface area contributed by atoms with E-state index >= 15 is 0 Å². The van der Waals surface area contributed by atoms with Crippen LogP contribution in [0.5, 0.6) is 0 Å². The first-order valence-corrected chi connectivity index (χ1v) is 10.9. The number of benzene rings is 2. The smallest absolute Gasteiger partial charge is 0.152 e. The number of para-hydroxylation sites is 1. The largest absolute Gasteiger partial charge is 0.382 e. The Morgan fingerprint density at radius 2 is 1.84 bits per heavy atom. The Balaban J connectivity index is 1.43. The van der Waals surface area contributed by atoms with Gasteiger partial charge in [0.15, 0.2) is 5.82 Å². The summed E-state index contributed by atoms with van der Waals surface area (Å²) in [7, 11) is 0. The molecule has 0 amide bonds. The lowest BCUT2D eigenvalue weighted by molar-refractivity contribution is 0.126. The van der Waals surface area contributed by atoms with E-state index in [0.717, 1.165) is 64.2 Å². The number of hydrogen-bond donors (Lipinski definition) is 1. The van der Waals surface area contributed by atoms with E-state index in [2.05, 4.69) is 20.8 Å². The summed E-state index contributed by atoms with van der Waals surface area (Å²) in [6, 6.07) is 20.1. The van der Waals surface area contributed by atoms with Crippen LogP contribution in [0.15, 0.2) is 65.2 Å². The molecule has 3 aromatic heterocycles. The molecule has 5 aromatic rings. The van der Waals surface area contributed by atoms with Crippen molar-refractivity contribution in [2.75, 3.05) is 12.3 Å². The lowest BCUT2D eigenvalue weighted by atomic mass is 10.1. The second kappa shape index (κ2) is 8.80. The summed E-state index contributed by atoms with van der Waals surface area (Å²) >= 11 is 0. The summed E-state index contributed by atoms with van der Waals surface area (Å²) in [4.78, 5) is 9.32. The average molecular weight is 428 g/mol. The molecule has 2 N–H and O–H groups in total. The Labute approximate surface area is 185 Å². The van der Waals surface area contributed by atoms with E-state index in [9.17, 15) is 0 Å². The third-order valence-electron chi connectivity index (χ3n) is 5.56. The number of ether oxygens (including phenoxy) is 1. The number of anilines is 1. The van der Waals surface area contributed by atoms with Crippen LogP contribution in [-0.4, -0.2) is 26.3 Å². The van der Waals surface area contributed by atoms with Crippen LogP contribution in [0.25, 0.3) is 33.2 Å². The molecule has 7 nitrogen and oxygen atoms in total. The quantitative estimate of drug-likeness (QED) is 0.375. The van der Waals surface area contributed by atoms with Crippen LogP contribution in [0.3, 0.4) is 0 Å². The van der Waals surface area contributed by atoms with Gasteiger partial charge in [-0.05, 0) is 19.4 Å². The molecule has 0 radical (unpaired) electrons. The van der Waals surface area contributed by atoms with Crippen molar-refractivity contribution in [2.24, 2.45) is 0 Å². The second-order valence-electron chi connectivity index (χ2n) is 7.68. The fourth-order valence-corrected chi connectivity index (χ4v) is 4.04. The molecule has 0 saturated heterocycles. The van der Waals surface area contributed by atoms with Crippen molar-refractivity contribution in [1.29, 1.82) is 0 Å². The third-order valence-corrected chi connectivity index (χ3v) is 5.56. The van der Waals surface area contributed by atoms with Crippen LogP contribution >= 0.6 is 0 Å². The van der Waals surface area contributed by atoms with Gasteiger partial charge in [-0.3, -0.25) is 0 Å². The molecule has 0 saturated carbocycles. The lowest BCUT2D eigenvalue weighted by Gasteiger charge is -2.10. The van der Waals surface area contributed by atoms with Crippen LogP contribution in [0.4, 0.5) is 5.82 Å². The Bertz CT molecular complexity index is 1360. The van der Waals surface area contributed by atoms with Gasteiger partial charge in [0.1, 0.15) is 29.4 Å². The summed E-state index contributed by atoms with van der Waals surface area (Å²) in [6.07, 6.45) is 1.64. The molecule has 7 heteroatoms. The molecule has 0 fully saturated rings. The molecule has 3 heterocycles. The van der Waals surface area contributed by atoms with E-state index in [1.807, 2.05) is 61.5 Å². The van der Waals surface area contributed by atoms with Gasteiger partial charge < -0.3 is 19.6 Å². The average Bonchev–Trinajstić information content (AvgIpc) is 3.44. The molecular weight excluding hydrogens is 402 g/mol.